The van der Waals surface area contributed by atoms with Crippen LogP contribution in [0.15, 0.2) is 0 Å². The van der Waals surface area contributed by atoms with E-state index in [1.165, 1.54) is 13.8 Å². The van der Waals surface area contributed by atoms with Gasteiger partial charge in [-0.3, -0.25) is 9.59 Å². The molecule has 0 rings (SSSR count). The van der Waals surface area contributed by atoms with Gasteiger partial charge in [0.05, 0.1) is 11.8 Å². The highest BCUT2D eigenvalue weighted by Crippen LogP contribution is 2.11. The predicted molar refractivity (Wildman–Crippen MR) is 38.2 cm³/mol. The van der Waals surface area contributed by atoms with E-state index in [1.807, 2.05) is 0 Å². The van der Waals surface area contributed by atoms with Crippen molar-refractivity contribution in [3.63, 3.8) is 0 Å². The lowest BCUT2D eigenvalue weighted by Crippen LogP contribution is -2.18. The monoisotopic (exact) mass is 160 g/mol. The molecule has 64 valence electrons. The summed E-state index contributed by atoms with van der Waals surface area (Å²) in [6, 6.07) is 0. The number of hydrogen-bond acceptors (Lipinski definition) is 2. The molecule has 0 amide bonds. The Morgan fingerprint density at radius 1 is 1.09 bits per heavy atom. The fourth-order valence-electron chi connectivity index (χ4n) is 0.732. The molecule has 0 aliphatic carbocycles. The van der Waals surface area contributed by atoms with Crippen molar-refractivity contribution in [2.45, 2.75) is 20.3 Å². The highest BCUT2D eigenvalue weighted by molar-refractivity contribution is 5.73. The van der Waals surface area contributed by atoms with Crippen molar-refractivity contribution in [3.8, 4) is 0 Å². The SMILES string of the molecule is C[C@H](C[C@H](C)C(=O)O)C(=O)O. The van der Waals surface area contributed by atoms with Crippen molar-refractivity contribution in [2.24, 2.45) is 11.8 Å². The van der Waals surface area contributed by atoms with E-state index in [0.29, 0.717) is 0 Å². The first-order valence-corrected chi connectivity index (χ1v) is 3.40. The molecule has 0 radical (unpaired) electrons. The summed E-state index contributed by atoms with van der Waals surface area (Å²) in [7, 11) is 0. The van der Waals surface area contributed by atoms with Crippen LogP contribution in [0, 0.1) is 11.8 Å². The highest BCUT2D eigenvalue weighted by Gasteiger charge is 2.19. The molecular formula is C7H12O4. The van der Waals surface area contributed by atoms with Crippen molar-refractivity contribution in [2.75, 3.05) is 0 Å². The summed E-state index contributed by atoms with van der Waals surface area (Å²) < 4.78 is 0. The van der Waals surface area contributed by atoms with Gasteiger partial charge >= 0.3 is 11.9 Å². The molecule has 0 saturated heterocycles. The van der Waals surface area contributed by atoms with E-state index in [9.17, 15) is 9.59 Å². The van der Waals surface area contributed by atoms with Crippen LogP contribution in [0.4, 0.5) is 0 Å². The van der Waals surface area contributed by atoms with Crippen LogP contribution in [0.1, 0.15) is 20.3 Å². The summed E-state index contributed by atoms with van der Waals surface area (Å²) in [6.07, 6.45) is 0.185. The summed E-state index contributed by atoms with van der Waals surface area (Å²) >= 11 is 0. The van der Waals surface area contributed by atoms with Crippen LogP contribution in [0.25, 0.3) is 0 Å². The van der Waals surface area contributed by atoms with Gasteiger partial charge in [-0.25, -0.2) is 0 Å². The lowest BCUT2D eigenvalue weighted by Gasteiger charge is -2.08. The zero-order valence-electron chi connectivity index (χ0n) is 6.57. The molecule has 0 aromatic rings. The molecule has 2 atom stereocenters. The Morgan fingerprint density at radius 2 is 1.36 bits per heavy atom. The van der Waals surface area contributed by atoms with Crippen LogP contribution in [-0.2, 0) is 9.59 Å². The molecule has 2 N–H and O–H groups in total. The summed E-state index contributed by atoms with van der Waals surface area (Å²) in [4.78, 5) is 20.5. The Bertz CT molecular complexity index is 146. The van der Waals surface area contributed by atoms with Crippen molar-refractivity contribution in [1.29, 1.82) is 0 Å². The Hall–Kier alpha value is -1.06. The van der Waals surface area contributed by atoms with Crippen molar-refractivity contribution < 1.29 is 19.8 Å². The first-order chi connectivity index (χ1) is 4.95. The van der Waals surface area contributed by atoms with E-state index < -0.39 is 23.8 Å². The summed E-state index contributed by atoms with van der Waals surface area (Å²) in [6.45, 7) is 3.00. The minimum atomic E-state index is -0.946. The Labute approximate surface area is 64.8 Å². The lowest BCUT2D eigenvalue weighted by atomic mass is 9.98. The second-order valence-electron chi connectivity index (χ2n) is 2.71. The van der Waals surface area contributed by atoms with Crippen LogP contribution in [-0.4, -0.2) is 22.2 Å². The number of rotatable bonds is 4. The minimum absolute atomic E-state index is 0.185. The lowest BCUT2D eigenvalue weighted by molar-refractivity contribution is -0.144. The summed E-state index contributed by atoms with van der Waals surface area (Å²) in [5.74, 6) is -3.06. The van der Waals surface area contributed by atoms with Crippen LogP contribution in [0.5, 0.6) is 0 Å². The number of carboxylic acids is 2. The molecular weight excluding hydrogens is 148 g/mol. The normalized spacial score (nSPS) is 15.5. The maximum Gasteiger partial charge on any atom is 0.306 e. The van der Waals surface area contributed by atoms with Crippen molar-refractivity contribution >= 4 is 11.9 Å². The van der Waals surface area contributed by atoms with Crippen LogP contribution in [0.3, 0.4) is 0 Å². The molecule has 4 nitrogen and oxygen atoms in total. The van der Waals surface area contributed by atoms with Gasteiger partial charge in [-0.05, 0) is 6.42 Å². The van der Waals surface area contributed by atoms with Gasteiger partial charge in [0, 0.05) is 0 Å². The fourth-order valence-corrected chi connectivity index (χ4v) is 0.732. The molecule has 0 fully saturated rings. The average Bonchev–Trinajstić information content (AvgIpc) is 1.87. The van der Waals surface area contributed by atoms with E-state index in [1.54, 1.807) is 0 Å². The maximum atomic E-state index is 10.3. The number of aliphatic carboxylic acids is 2. The first kappa shape index (κ1) is 9.94. The number of carboxylic acid groups (broad SMARTS) is 2. The number of hydrogen-bond donors (Lipinski definition) is 2. The molecule has 0 aromatic carbocycles. The van der Waals surface area contributed by atoms with Crippen LogP contribution < -0.4 is 0 Å². The molecule has 0 spiro atoms. The van der Waals surface area contributed by atoms with Gasteiger partial charge in [-0.2, -0.15) is 0 Å². The molecule has 0 bridgehead atoms. The van der Waals surface area contributed by atoms with Gasteiger partial charge in [0.25, 0.3) is 0 Å². The van der Waals surface area contributed by atoms with Gasteiger partial charge in [0.1, 0.15) is 0 Å². The predicted octanol–water partition coefficient (Wildman–Crippen LogP) is 0.818. The average molecular weight is 160 g/mol. The second kappa shape index (κ2) is 3.95. The summed E-state index contributed by atoms with van der Waals surface area (Å²) in [5, 5.41) is 16.8. The third-order valence-corrected chi connectivity index (χ3v) is 1.55. The largest absolute Gasteiger partial charge is 0.481 e. The maximum absolute atomic E-state index is 10.3. The van der Waals surface area contributed by atoms with E-state index >= 15 is 0 Å². The molecule has 0 unspecified atom stereocenters. The van der Waals surface area contributed by atoms with Gasteiger partial charge in [0.2, 0.25) is 0 Å². The quantitative estimate of drug-likeness (QED) is 0.638. The number of carbonyl (C=O) groups is 2. The highest BCUT2D eigenvalue weighted by atomic mass is 16.4. The smallest absolute Gasteiger partial charge is 0.306 e. The van der Waals surface area contributed by atoms with Gasteiger partial charge in [0.15, 0.2) is 0 Å². The summed E-state index contributed by atoms with van der Waals surface area (Å²) in [5.41, 5.74) is 0. The molecule has 4 heteroatoms. The van der Waals surface area contributed by atoms with Crippen LogP contribution in [0.2, 0.25) is 0 Å². The Morgan fingerprint density at radius 3 is 1.55 bits per heavy atom. The Kier molecular flexibility index (Phi) is 3.57. The van der Waals surface area contributed by atoms with Gasteiger partial charge in [-0.1, -0.05) is 13.8 Å². The van der Waals surface area contributed by atoms with E-state index in [0.717, 1.165) is 0 Å². The van der Waals surface area contributed by atoms with Crippen molar-refractivity contribution in [3.05, 3.63) is 0 Å². The first-order valence-electron chi connectivity index (χ1n) is 3.40. The molecule has 0 aliphatic heterocycles. The zero-order valence-corrected chi connectivity index (χ0v) is 6.57. The standard InChI is InChI=1S/C7H12O4/c1-4(6(8)9)3-5(2)7(10)11/h4-5H,3H2,1-2H3,(H,8,9)(H,10,11)/t4-,5+. The Balaban J connectivity index is 3.84. The zero-order chi connectivity index (χ0) is 9.02. The van der Waals surface area contributed by atoms with Crippen LogP contribution >= 0.6 is 0 Å². The molecule has 0 aromatic heterocycles. The molecule has 11 heavy (non-hydrogen) atoms. The van der Waals surface area contributed by atoms with Crippen molar-refractivity contribution in [1.82, 2.24) is 0 Å². The van der Waals surface area contributed by atoms with E-state index in [2.05, 4.69) is 0 Å². The topological polar surface area (TPSA) is 74.6 Å². The van der Waals surface area contributed by atoms with Gasteiger partial charge in [-0.15, -0.1) is 0 Å². The second-order valence-corrected chi connectivity index (χ2v) is 2.71. The molecule has 0 aliphatic rings. The molecule has 0 saturated carbocycles. The third-order valence-electron chi connectivity index (χ3n) is 1.55. The fraction of sp³-hybridized carbons (Fsp3) is 0.714. The third kappa shape index (κ3) is 3.60. The van der Waals surface area contributed by atoms with E-state index in [4.69, 9.17) is 10.2 Å². The minimum Gasteiger partial charge on any atom is -0.481 e. The molecule has 0 heterocycles. The van der Waals surface area contributed by atoms with Gasteiger partial charge < -0.3 is 10.2 Å². The van der Waals surface area contributed by atoms with E-state index in [-0.39, 0.29) is 6.42 Å².